The van der Waals surface area contributed by atoms with Crippen LogP contribution in [0.1, 0.15) is 12.8 Å². The van der Waals surface area contributed by atoms with E-state index in [0.717, 1.165) is 32.9 Å². The summed E-state index contributed by atoms with van der Waals surface area (Å²) >= 11 is 0. The van der Waals surface area contributed by atoms with Gasteiger partial charge in [-0.3, -0.25) is 24.5 Å². The third-order valence-electron chi connectivity index (χ3n) is 5.56. The molecule has 1 fully saturated rings. The molecule has 2 heterocycles. The van der Waals surface area contributed by atoms with Gasteiger partial charge in [0.1, 0.15) is 11.9 Å². The molecule has 1 saturated heterocycles. The summed E-state index contributed by atoms with van der Waals surface area (Å²) in [7, 11) is -8.65. The lowest BCUT2D eigenvalue weighted by molar-refractivity contribution is -0.388. The Balaban J connectivity index is 1.66. The zero-order valence-electron chi connectivity index (χ0n) is 18.1. The van der Waals surface area contributed by atoms with Gasteiger partial charge in [-0.15, -0.1) is 0 Å². The number of hydrogen-bond donors (Lipinski definition) is 0. The van der Waals surface area contributed by atoms with Crippen molar-refractivity contribution >= 4 is 31.4 Å². The largest absolute Gasteiger partial charge is 0.490 e. The Kier molecular flexibility index (Phi) is 6.48. The standard InChI is InChI=1S/C20H20N4O9S2/c25-23(26)17-7-1-3-9-19(17)34(29,30)21-11-5-6-15-12-22(14-16(13-21)33-15)35(31,32)20-10-4-2-8-18(20)24(27)28/h1-4,7-10,12,16H,5-6,11,13-14H2/t16-/m1/s1. The predicted molar refractivity (Wildman–Crippen MR) is 121 cm³/mol. The van der Waals surface area contributed by atoms with E-state index in [-0.39, 0.29) is 32.5 Å². The summed E-state index contributed by atoms with van der Waals surface area (Å²) < 4.78 is 60.9. The van der Waals surface area contributed by atoms with Gasteiger partial charge in [-0.1, -0.05) is 24.3 Å². The summed E-state index contributed by atoms with van der Waals surface area (Å²) in [5.74, 6) is 0.297. The fourth-order valence-electron chi connectivity index (χ4n) is 3.97. The molecule has 186 valence electrons. The smallest absolute Gasteiger partial charge is 0.289 e. The van der Waals surface area contributed by atoms with Crippen molar-refractivity contribution in [3.05, 3.63) is 80.7 Å². The minimum absolute atomic E-state index is 0.0441. The zero-order valence-corrected chi connectivity index (χ0v) is 19.7. The molecule has 4 rings (SSSR count). The molecule has 0 aliphatic carbocycles. The number of allylic oxidation sites excluding steroid dienone is 1. The molecule has 2 aliphatic rings. The van der Waals surface area contributed by atoms with Crippen LogP contribution in [-0.4, -0.2) is 61.0 Å². The minimum atomic E-state index is -4.35. The average Bonchev–Trinajstić information content (AvgIpc) is 2.82. The third-order valence-corrected chi connectivity index (χ3v) is 9.24. The zero-order chi connectivity index (χ0) is 25.4. The Hall–Kier alpha value is -3.56. The Morgan fingerprint density at radius 2 is 1.37 bits per heavy atom. The van der Waals surface area contributed by atoms with Crippen molar-refractivity contribution < 1.29 is 31.4 Å². The second kappa shape index (κ2) is 9.24. The molecule has 0 saturated carbocycles. The van der Waals surface area contributed by atoms with Crippen LogP contribution >= 0.6 is 0 Å². The van der Waals surface area contributed by atoms with Gasteiger partial charge in [0.15, 0.2) is 9.79 Å². The summed E-state index contributed by atoms with van der Waals surface area (Å²) in [6, 6.07) is 9.90. The van der Waals surface area contributed by atoms with Crippen molar-refractivity contribution in [1.29, 1.82) is 0 Å². The van der Waals surface area contributed by atoms with Gasteiger partial charge >= 0.3 is 0 Å². The summed E-state index contributed by atoms with van der Waals surface area (Å²) in [6.45, 7) is -0.530. The number of para-hydroxylation sites is 2. The van der Waals surface area contributed by atoms with Gasteiger partial charge in [-0.2, -0.15) is 4.31 Å². The van der Waals surface area contributed by atoms with E-state index >= 15 is 0 Å². The molecule has 2 aliphatic heterocycles. The maximum atomic E-state index is 13.3. The molecule has 2 aromatic rings. The number of nitro benzene ring substituents is 2. The second-order valence-electron chi connectivity index (χ2n) is 7.83. The quantitative estimate of drug-likeness (QED) is 0.406. The van der Waals surface area contributed by atoms with Crippen LogP contribution in [-0.2, 0) is 24.8 Å². The van der Waals surface area contributed by atoms with Crippen LogP contribution in [0.3, 0.4) is 0 Å². The van der Waals surface area contributed by atoms with Crippen LogP contribution in [0.25, 0.3) is 0 Å². The van der Waals surface area contributed by atoms with Gasteiger partial charge < -0.3 is 4.74 Å². The number of sulfonamides is 2. The lowest BCUT2D eigenvalue weighted by Crippen LogP contribution is -2.47. The first kappa shape index (κ1) is 24.6. The fraction of sp³-hybridized carbons (Fsp3) is 0.300. The number of ether oxygens (including phenoxy) is 1. The van der Waals surface area contributed by atoms with Crippen molar-refractivity contribution in [2.45, 2.75) is 28.7 Å². The molecular weight excluding hydrogens is 504 g/mol. The van der Waals surface area contributed by atoms with Gasteiger partial charge in [0, 0.05) is 25.1 Å². The van der Waals surface area contributed by atoms with Crippen LogP contribution < -0.4 is 0 Å². The highest BCUT2D eigenvalue weighted by atomic mass is 32.2. The van der Waals surface area contributed by atoms with Crippen LogP contribution in [0.4, 0.5) is 11.4 Å². The number of benzene rings is 2. The predicted octanol–water partition coefficient (Wildman–Crippen LogP) is 2.22. The maximum absolute atomic E-state index is 13.3. The van der Waals surface area contributed by atoms with Crippen molar-refractivity contribution in [2.75, 3.05) is 19.6 Å². The van der Waals surface area contributed by atoms with Crippen molar-refractivity contribution in [1.82, 2.24) is 8.61 Å². The van der Waals surface area contributed by atoms with Crippen molar-refractivity contribution in [3.63, 3.8) is 0 Å². The topological polar surface area (TPSA) is 170 Å². The van der Waals surface area contributed by atoms with E-state index in [4.69, 9.17) is 4.74 Å². The Morgan fingerprint density at radius 3 is 1.94 bits per heavy atom. The summed E-state index contributed by atoms with van der Waals surface area (Å²) in [4.78, 5) is 20.2. The minimum Gasteiger partial charge on any atom is -0.490 e. The van der Waals surface area contributed by atoms with Crippen LogP contribution in [0.15, 0.2) is 70.3 Å². The summed E-state index contributed by atoms with van der Waals surface area (Å²) in [5.41, 5.74) is -1.15. The molecular formula is C20H20N4O9S2. The number of rotatable bonds is 6. The van der Waals surface area contributed by atoms with E-state index in [1.807, 2.05) is 0 Å². The molecule has 2 aromatic carbocycles. The van der Waals surface area contributed by atoms with Gasteiger partial charge in [0.2, 0.25) is 10.0 Å². The monoisotopic (exact) mass is 524 g/mol. The van der Waals surface area contributed by atoms with Crippen LogP contribution in [0, 0.1) is 20.2 Å². The molecule has 0 N–H and O–H groups in total. The van der Waals surface area contributed by atoms with Gasteiger partial charge in [0.25, 0.3) is 21.4 Å². The van der Waals surface area contributed by atoms with Gasteiger partial charge in [0.05, 0.1) is 29.1 Å². The highest BCUT2D eigenvalue weighted by molar-refractivity contribution is 7.89. The first-order valence-corrected chi connectivity index (χ1v) is 13.3. The van der Waals surface area contributed by atoms with E-state index in [0.29, 0.717) is 5.76 Å². The third kappa shape index (κ3) is 4.69. The molecule has 2 bridgehead atoms. The first-order chi connectivity index (χ1) is 16.5. The summed E-state index contributed by atoms with van der Waals surface area (Å²) in [6.07, 6.45) is 0.778. The van der Waals surface area contributed by atoms with E-state index in [1.165, 1.54) is 30.5 Å². The van der Waals surface area contributed by atoms with Gasteiger partial charge in [-0.05, 0) is 18.6 Å². The van der Waals surface area contributed by atoms with E-state index in [1.54, 1.807) is 0 Å². The number of nitrogens with zero attached hydrogens (tertiary/aromatic N) is 4. The average molecular weight is 525 g/mol. The van der Waals surface area contributed by atoms with Gasteiger partial charge in [-0.25, -0.2) is 16.8 Å². The maximum Gasteiger partial charge on any atom is 0.289 e. The highest BCUT2D eigenvalue weighted by Crippen LogP contribution is 2.33. The van der Waals surface area contributed by atoms with Crippen LogP contribution in [0.2, 0.25) is 0 Å². The van der Waals surface area contributed by atoms with E-state index in [9.17, 15) is 37.1 Å². The Labute approximate surface area is 200 Å². The van der Waals surface area contributed by atoms with E-state index < -0.39 is 57.2 Å². The lowest BCUT2D eigenvalue weighted by Gasteiger charge is -2.37. The van der Waals surface area contributed by atoms with E-state index in [2.05, 4.69) is 0 Å². The first-order valence-electron chi connectivity index (χ1n) is 10.4. The lowest BCUT2D eigenvalue weighted by atomic mass is 10.2. The van der Waals surface area contributed by atoms with Crippen molar-refractivity contribution in [3.8, 4) is 0 Å². The highest BCUT2D eigenvalue weighted by Gasteiger charge is 2.39. The Morgan fingerprint density at radius 1 is 0.829 bits per heavy atom. The SMILES string of the molecule is O=[N+]([O-])c1ccccc1S(=O)(=O)N1C=C2CCCN(S(=O)(=O)c3ccccc3[N+](=O)[O-])C[C@H](C1)O2. The molecule has 15 heteroatoms. The molecule has 0 radical (unpaired) electrons. The number of nitro groups is 2. The normalized spacial score (nSPS) is 19.1. The van der Waals surface area contributed by atoms with Crippen molar-refractivity contribution in [2.24, 2.45) is 0 Å². The molecule has 1 atom stereocenters. The molecule has 0 amide bonds. The summed E-state index contributed by atoms with van der Waals surface area (Å²) in [5, 5.41) is 22.8. The molecule has 0 spiro atoms. The Bertz CT molecular complexity index is 1420. The molecule has 0 aromatic heterocycles. The number of fused-ring (bicyclic) bond motifs is 2. The number of hydrogen-bond acceptors (Lipinski definition) is 9. The molecule has 35 heavy (non-hydrogen) atoms. The molecule has 13 nitrogen and oxygen atoms in total. The van der Waals surface area contributed by atoms with Crippen LogP contribution in [0.5, 0.6) is 0 Å². The fourth-order valence-corrected chi connectivity index (χ4v) is 7.16. The molecule has 0 unspecified atom stereocenters. The second-order valence-corrected chi connectivity index (χ2v) is 11.6.